The Kier molecular flexibility index (Phi) is 3.91. The predicted molar refractivity (Wildman–Crippen MR) is 66.1 cm³/mol. The van der Waals surface area contributed by atoms with Crippen molar-refractivity contribution in [1.29, 1.82) is 0 Å². The number of rotatable bonds is 2. The third-order valence-electron chi connectivity index (χ3n) is 1.67. The van der Waals surface area contributed by atoms with E-state index in [1.807, 2.05) is 6.92 Å². The van der Waals surface area contributed by atoms with Crippen molar-refractivity contribution in [3.05, 3.63) is 35.1 Å². The van der Waals surface area contributed by atoms with E-state index in [2.05, 4.69) is 25.2 Å². The van der Waals surface area contributed by atoms with Crippen LogP contribution in [-0.4, -0.2) is 11.0 Å². The van der Waals surface area contributed by atoms with Gasteiger partial charge in [-0.05, 0) is 51.8 Å². The lowest BCUT2D eigenvalue weighted by Gasteiger charge is -2.12. The quantitative estimate of drug-likeness (QED) is 0.547. The molecule has 0 radical (unpaired) electrons. The Bertz CT molecular complexity index is 366. The van der Waals surface area contributed by atoms with Gasteiger partial charge >= 0.3 is 0 Å². The van der Waals surface area contributed by atoms with E-state index in [9.17, 15) is 4.39 Å². The van der Waals surface area contributed by atoms with E-state index >= 15 is 0 Å². The summed E-state index contributed by atoms with van der Waals surface area (Å²) in [4.78, 5) is 0. The third-order valence-corrected chi connectivity index (χ3v) is 2.43. The molecule has 1 nitrogen and oxygen atoms in total. The zero-order valence-electron chi connectivity index (χ0n) is 9.54. The van der Waals surface area contributed by atoms with Crippen molar-refractivity contribution < 1.29 is 4.39 Å². The second-order valence-electron chi connectivity index (χ2n) is 4.46. The highest BCUT2D eigenvalue weighted by Crippen LogP contribution is 2.24. The van der Waals surface area contributed by atoms with Crippen LogP contribution in [0, 0.1) is 12.7 Å². The first-order valence-electron chi connectivity index (χ1n) is 4.86. The molecule has 1 aromatic carbocycles. The molecule has 0 spiro atoms. The summed E-state index contributed by atoms with van der Waals surface area (Å²) in [5.41, 5.74) is 1.59. The van der Waals surface area contributed by atoms with Crippen molar-refractivity contribution >= 4 is 18.2 Å². The summed E-state index contributed by atoms with van der Waals surface area (Å²) in [7, 11) is 0. The van der Waals surface area contributed by atoms with Crippen molar-refractivity contribution in [3.8, 4) is 0 Å². The molecule has 0 N–H and O–H groups in total. The van der Waals surface area contributed by atoms with Crippen molar-refractivity contribution in [1.82, 2.24) is 0 Å². The zero-order valence-corrected chi connectivity index (χ0v) is 10.4. The highest BCUT2D eigenvalue weighted by molar-refractivity contribution is 7.99. The smallest absolute Gasteiger partial charge is 0.132 e. The van der Waals surface area contributed by atoms with Crippen LogP contribution in [0.5, 0.6) is 0 Å². The first kappa shape index (κ1) is 12.2. The molecule has 0 saturated heterocycles. The summed E-state index contributed by atoms with van der Waals surface area (Å²) >= 11 is 1.45. The number of halogens is 1. The van der Waals surface area contributed by atoms with Gasteiger partial charge < -0.3 is 0 Å². The largest absolute Gasteiger partial charge is 0.223 e. The lowest BCUT2D eigenvalue weighted by molar-refractivity contribution is 0.625. The maximum absolute atomic E-state index is 13.3. The van der Waals surface area contributed by atoms with E-state index in [0.29, 0.717) is 5.56 Å². The van der Waals surface area contributed by atoms with Crippen LogP contribution in [0.3, 0.4) is 0 Å². The van der Waals surface area contributed by atoms with Crippen LogP contribution >= 0.6 is 11.9 Å². The van der Waals surface area contributed by atoms with Gasteiger partial charge in [-0.1, -0.05) is 11.6 Å². The van der Waals surface area contributed by atoms with E-state index in [-0.39, 0.29) is 10.6 Å². The van der Waals surface area contributed by atoms with Gasteiger partial charge in [0.2, 0.25) is 0 Å². The summed E-state index contributed by atoms with van der Waals surface area (Å²) in [5, 5.41) is 0. The molecule has 0 aliphatic rings. The van der Waals surface area contributed by atoms with Crippen molar-refractivity contribution in [2.45, 2.75) is 32.4 Å². The fourth-order valence-corrected chi connectivity index (χ4v) is 1.49. The summed E-state index contributed by atoms with van der Waals surface area (Å²) in [6.07, 6.45) is 1.58. The topological polar surface area (TPSA) is 12.4 Å². The monoisotopic (exact) mass is 225 g/mol. The van der Waals surface area contributed by atoms with E-state index in [4.69, 9.17) is 0 Å². The normalized spacial score (nSPS) is 12.3. The Morgan fingerprint density at radius 1 is 1.33 bits per heavy atom. The Morgan fingerprint density at radius 3 is 2.60 bits per heavy atom. The summed E-state index contributed by atoms with van der Waals surface area (Å²) in [5.74, 6) is -0.223. The summed E-state index contributed by atoms with van der Waals surface area (Å²) in [6.45, 7) is 8.15. The molecule has 0 atom stereocenters. The van der Waals surface area contributed by atoms with Gasteiger partial charge in [0.15, 0.2) is 0 Å². The molecule has 0 unspecified atom stereocenters. The van der Waals surface area contributed by atoms with Gasteiger partial charge in [-0.15, -0.1) is 0 Å². The second-order valence-corrected chi connectivity index (χ2v) is 6.08. The summed E-state index contributed by atoms with van der Waals surface area (Å²) in [6, 6.07) is 5.02. The van der Waals surface area contributed by atoms with Gasteiger partial charge in [-0.2, -0.15) is 0 Å². The molecule has 15 heavy (non-hydrogen) atoms. The predicted octanol–water partition coefficient (Wildman–Crippen LogP) is 4.00. The molecule has 0 bridgehead atoms. The molecule has 3 heteroatoms. The van der Waals surface area contributed by atoms with Gasteiger partial charge in [-0.25, -0.2) is 8.79 Å². The Labute approximate surface area is 94.9 Å². The average Bonchev–Trinajstić information content (AvgIpc) is 2.09. The van der Waals surface area contributed by atoms with E-state index in [1.165, 1.54) is 18.0 Å². The van der Waals surface area contributed by atoms with Crippen molar-refractivity contribution in [3.63, 3.8) is 0 Å². The minimum absolute atomic E-state index is 0.0663. The van der Waals surface area contributed by atoms with Crippen LogP contribution in [0.15, 0.2) is 22.6 Å². The molecule has 0 aliphatic carbocycles. The molecular weight excluding hydrogens is 209 g/mol. The standard InChI is InChI=1S/C12H16FNS/c1-9-5-6-11(13)10(7-9)8-14-15-12(2,3)4/h5-8H,1-4H3. The minimum atomic E-state index is -0.223. The minimum Gasteiger partial charge on any atom is -0.223 e. The van der Waals surface area contributed by atoms with E-state index < -0.39 is 0 Å². The molecule has 0 heterocycles. The van der Waals surface area contributed by atoms with Gasteiger partial charge in [-0.3, -0.25) is 0 Å². The second kappa shape index (κ2) is 4.79. The fraction of sp³-hybridized carbons (Fsp3) is 0.417. The van der Waals surface area contributed by atoms with Crippen molar-refractivity contribution in [2.24, 2.45) is 4.40 Å². The number of hydrogen-bond donors (Lipinski definition) is 0. The Morgan fingerprint density at radius 2 is 2.00 bits per heavy atom. The van der Waals surface area contributed by atoms with Crippen molar-refractivity contribution in [2.75, 3.05) is 0 Å². The van der Waals surface area contributed by atoms with Gasteiger partial charge in [0.05, 0.1) is 0 Å². The van der Waals surface area contributed by atoms with Crippen LogP contribution in [0.1, 0.15) is 31.9 Å². The average molecular weight is 225 g/mol. The maximum Gasteiger partial charge on any atom is 0.132 e. The van der Waals surface area contributed by atoms with Crippen LogP contribution < -0.4 is 0 Å². The molecule has 0 amide bonds. The third kappa shape index (κ3) is 4.47. The van der Waals surface area contributed by atoms with Crippen LogP contribution in [-0.2, 0) is 0 Å². The molecule has 0 saturated carbocycles. The number of benzene rings is 1. The summed E-state index contributed by atoms with van der Waals surface area (Å²) < 4.78 is 17.5. The molecule has 1 rings (SSSR count). The number of aryl methyl sites for hydroxylation is 1. The van der Waals surface area contributed by atoms with Gasteiger partial charge in [0.1, 0.15) is 5.82 Å². The van der Waals surface area contributed by atoms with Crippen LogP contribution in [0.2, 0.25) is 0 Å². The molecule has 1 aromatic rings. The Balaban J connectivity index is 2.76. The number of nitrogens with zero attached hydrogens (tertiary/aromatic N) is 1. The molecule has 82 valence electrons. The van der Waals surface area contributed by atoms with E-state index in [1.54, 1.807) is 18.3 Å². The SMILES string of the molecule is Cc1ccc(F)c(C=NSC(C)(C)C)c1. The van der Waals surface area contributed by atoms with Gasteiger partial charge in [0.25, 0.3) is 0 Å². The zero-order chi connectivity index (χ0) is 11.5. The number of hydrogen-bond acceptors (Lipinski definition) is 2. The lowest BCUT2D eigenvalue weighted by atomic mass is 10.1. The molecule has 0 fully saturated rings. The van der Waals surface area contributed by atoms with Crippen LogP contribution in [0.25, 0.3) is 0 Å². The Hall–Kier alpha value is -0.830. The van der Waals surface area contributed by atoms with E-state index in [0.717, 1.165) is 5.56 Å². The van der Waals surface area contributed by atoms with Gasteiger partial charge in [0, 0.05) is 16.5 Å². The molecule has 0 aromatic heterocycles. The highest BCUT2D eigenvalue weighted by atomic mass is 32.2. The fourth-order valence-electron chi connectivity index (χ4n) is 1.00. The van der Waals surface area contributed by atoms with Crippen LogP contribution in [0.4, 0.5) is 4.39 Å². The lowest BCUT2D eigenvalue weighted by Crippen LogP contribution is -2.05. The first-order chi connectivity index (χ1) is 6.88. The maximum atomic E-state index is 13.3. The first-order valence-corrected chi connectivity index (χ1v) is 5.63. The molecule has 0 aliphatic heterocycles. The highest BCUT2D eigenvalue weighted by Gasteiger charge is 2.09. The molecular formula is C12H16FNS.